The van der Waals surface area contributed by atoms with E-state index in [1.165, 1.54) is 0 Å². The fraction of sp³-hybridized carbons (Fsp3) is 0.231. The number of anilines is 1. The summed E-state index contributed by atoms with van der Waals surface area (Å²) in [6.07, 6.45) is 3.26. The summed E-state index contributed by atoms with van der Waals surface area (Å²) < 4.78 is 1.71. The van der Waals surface area contributed by atoms with Gasteiger partial charge in [-0.3, -0.25) is 9.48 Å². The van der Waals surface area contributed by atoms with Gasteiger partial charge in [-0.2, -0.15) is 5.10 Å². The van der Waals surface area contributed by atoms with E-state index in [1.54, 1.807) is 23.1 Å². The van der Waals surface area contributed by atoms with Crippen LogP contribution in [0.2, 0.25) is 5.02 Å². The van der Waals surface area contributed by atoms with E-state index < -0.39 is 0 Å². The van der Waals surface area contributed by atoms with Crippen LogP contribution in [-0.4, -0.2) is 15.7 Å². The van der Waals surface area contributed by atoms with Gasteiger partial charge >= 0.3 is 0 Å². The van der Waals surface area contributed by atoms with Crippen LogP contribution in [0.15, 0.2) is 30.6 Å². The van der Waals surface area contributed by atoms with Crippen molar-refractivity contribution in [3.63, 3.8) is 0 Å². The van der Waals surface area contributed by atoms with Crippen LogP contribution in [0.25, 0.3) is 0 Å². The topological polar surface area (TPSA) is 46.9 Å². The maximum absolute atomic E-state index is 11.9. The predicted octanol–water partition coefficient (Wildman–Crippen LogP) is 3.12. The van der Waals surface area contributed by atoms with Crippen molar-refractivity contribution in [2.75, 3.05) is 5.32 Å². The number of nitrogens with one attached hydrogen (secondary N) is 1. The molecular formula is C13H14ClN3O. The maximum atomic E-state index is 11.9. The summed E-state index contributed by atoms with van der Waals surface area (Å²) in [6.45, 7) is 4.62. The van der Waals surface area contributed by atoms with Gasteiger partial charge in [0.15, 0.2) is 0 Å². The fourth-order valence-corrected chi connectivity index (χ4v) is 1.71. The molecule has 1 N–H and O–H groups in total. The van der Waals surface area contributed by atoms with E-state index in [-0.39, 0.29) is 5.91 Å². The Morgan fingerprint density at radius 3 is 2.89 bits per heavy atom. The van der Waals surface area contributed by atoms with Gasteiger partial charge in [-0.25, -0.2) is 0 Å². The summed E-state index contributed by atoms with van der Waals surface area (Å²) in [7, 11) is 0. The molecule has 2 rings (SSSR count). The molecule has 1 aromatic heterocycles. The van der Waals surface area contributed by atoms with E-state index in [0.717, 1.165) is 12.1 Å². The average molecular weight is 264 g/mol. The molecule has 0 radical (unpaired) electrons. The number of carbonyl (C=O) groups is 1. The highest BCUT2D eigenvalue weighted by Gasteiger charge is 2.09. The Balaban J connectivity index is 2.13. The lowest BCUT2D eigenvalue weighted by Crippen LogP contribution is -2.11. The number of aromatic nitrogens is 2. The van der Waals surface area contributed by atoms with Crippen LogP contribution in [-0.2, 0) is 6.54 Å². The molecule has 1 heterocycles. The molecule has 0 atom stereocenters. The zero-order chi connectivity index (χ0) is 13.1. The van der Waals surface area contributed by atoms with Crippen LogP contribution in [0, 0.1) is 6.92 Å². The number of carbonyl (C=O) groups excluding carboxylic acids is 1. The van der Waals surface area contributed by atoms with E-state index in [2.05, 4.69) is 10.4 Å². The zero-order valence-electron chi connectivity index (χ0n) is 10.3. The molecule has 18 heavy (non-hydrogen) atoms. The maximum Gasteiger partial charge on any atom is 0.258 e. The van der Waals surface area contributed by atoms with Gasteiger partial charge in [-0.05, 0) is 31.5 Å². The van der Waals surface area contributed by atoms with Crippen molar-refractivity contribution in [3.05, 3.63) is 46.7 Å². The van der Waals surface area contributed by atoms with Gasteiger partial charge in [0, 0.05) is 23.5 Å². The number of benzene rings is 1. The molecule has 4 nitrogen and oxygen atoms in total. The standard InChI is InChI=1S/C13H14ClN3O/c1-3-17-8-10(7-15-17)13(18)16-11-5-4-9(2)12(14)6-11/h4-8H,3H2,1-2H3,(H,16,18). The van der Waals surface area contributed by atoms with Gasteiger partial charge in [0.25, 0.3) is 5.91 Å². The third kappa shape index (κ3) is 2.71. The quantitative estimate of drug-likeness (QED) is 0.925. The zero-order valence-corrected chi connectivity index (χ0v) is 11.0. The lowest BCUT2D eigenvalue weighted by Gasteiger charge is -2.05. The van der Waals surface area contributed by atoms with Gasteiger partial charge < -0.3 is 5.32 Å². The van der Waals surface area contributed by atoms with Crippen molar-refractivity contribution in [3.8, 4) is 0 Å². The SMILES string of the molecule is CCn1cc(C(=O)Nc2ccc(C)c(Cl)c2)cn1. The highest BCUT2D eigenvalue weighted by Crippen LogP contribution is 2.20. The first-order chi connectivity index (χ1) is 8.60. The highest BCUT2D eigenvalue weighted by atomic mass is 35.5. The molecule has 0 aliphatic carbocycles. The van der Waals surface area contributed by atoms with Gasteiger partial charge in [0.05, 0.1) is 11.8 Å². The second kappa shape index (κ2) is 5.23. The van der Waals surface area contributed by atoms with Crippen molar-refractivity contribution >= 4 is 23.2 Å². The van der Waals surface area contributed by atoms with Crippen molar-refractivity contribution < 1.29 is 4.79 Å². The minimum Gasteiger partial charge on any atom is -0.322 e. The first-order valence-electron chi connectivity index (χ1n) is 5.70. The second-order valence-electron chi connectivity index (χ2n) is 4.00. The number of amides is 1. The van der Waals surface area contributed by atoms with E-state index in [4.69, 9.17) is 11.6 Å². The second-order valence-corrected chi connectivity index (χ2v) is 4.41. The molecule has 0 fully saturated rings. The van der Waals surface area contributed by atoms with Gasteiger partial charge in [0.1, 0.15) is 0 Å². The molecule has 5 heteroatoms. The van der Waals surface area contributed by atoms with Gasteiger partial charge in [-0.1, -0.05) is 17.7 Å². The fourth-order valence-electron chi connectivity index (χ4n) is 1.53. The van der Waals surface area contributed by atoms with Crippen LogP contribution >= 0.6 is 11.6 Å². The third-order valence-corrected chi connectivity index (χ3v) is 3.06. The van der Waals surface area contributed by atoms with Crippen molar-refractivity contribution in [2.24, 2.45) is 0 Å². The summed E-state index contributed by atoms with van der Waals surface area (Å²) in [5.41, 5.74) is 2.20. The molecule has 0 saturated carbocycles. The molecule has 2 aromatic rings. The van der Waals surface area contributed by atoms with E-state index in [1.807, 2.05) is 26.0 Å². The van der Waals surface area contributed by atoms with Crippen molar-refractivity contribution in [1.29, 1.82) is 0 Å². The minimum atomic E-state index is -0.186. The Morgan fingerprint density at radius 2 is 2.28 bits per heavy atom. The van der Waals surface area contributed by atoms with E-state index >= 15 is 0 Å². The van der Waals surface area contributed by atoms with Crippen LogP contribution in [0.1, 0.15) is 22.8 Å². The largest absolute Gasteiger partial charge is 0.322 e. The molecule has 0 unspecified atom stereocenters. The number of rotatable bonds is 3. The Kier molecular flexibility index (Phi) is 3.67. The number of nitrogens with zero attached hydrogens (tertiary/aromatic N) is 2. The molecule has 0 aliphatic rings. The normalized spacial score (nSPS) is 10.4. The Morgan fingerprint density at radius 1 is 1.50 bits per heavy atom. The molecule has 0 bridgehead atoms. The first-order valence-corrected chi connectivity index (χ1v) is 6.08. The van der Waals surface area contributed by atoms with Crippen LogP contribution in [0.5, 0.6) is 0 Å². The molecule has 0 spiro atoms. The van der Waals surface area contributed by atoms with Gasteiger partial charge in [0.2, 0.25) is 0 Å². The Bertz CT molecular complexity index is 577. The number of hydrogen-bond donors (Lipinski definition) is 1. The number of halogens is 1. The Labute approximate surface area is 111 Å². The monoisotopic (exact) mass is 263 g/mol. The molecule has 94 valence electrons. The van der Waals surface area contributed by atoms with Crippen molar-refractivity contribution in [2.45, 2.75) is 20.4 Å². The van der Waals surface area contributed by atoms with Crippen LogP contribution in [0.3, 0.4) is 0 Å². The molecule has 1 amide bonds. The van der Waals surface area contributed by atoms with E-state index in [9.17, 15) is 4.79 Å². The summed E-state index contributed by atoms with van der Waals surface area (Å²) in [5, 5.41) is 7.48. The minimum absolute atomic E-state index is 0.186. The molecule has 0 saturated heterocycles. The third-order valence-electron chi connectivity index (χ3n) is 2.65. The Hall–Kier alpha value is -1.81. The summed E-state index contributed by atoms with van der Waals surface area (Å²) in [5.74, 6) is -0.186. The molecule has 0 aliphatic heterocycles. The predicted molar refractivity (Wildman–Crippen MR) is 72.0 cm³/mol. The van der Waals surface area contributed by atoms with Gasteiger partial charge in [-0.15, -0.1) is 0 Å². The first kappa shape index (κ1) is 12.6. The summed E-state index contributed by atoms with van der Waals surface area (Å²) in [6, 6.07) is 5.43. The average Bonchev–Trinajstić information content (AvgIpc) is 2.82. The van der Waals surface area contributed by atoms with E-state index in [0.29, 0.717) is 16.3 Å². The van der Waals surface area contributed by atoms with Crippen LogP contribution in [0.4, 0.5) is 5.69 Å². The summed E-state index contributed by atoms with van der Waals surface area (Å²) in [4.78, 5) is 11.9. The molecule has 1 aromatic carbocycles. The lowest BCUT2D eigenvalue weighted by atomic mass is 10.2. The van der Waals surface area contributed by atoms with Crippen molar-refractivity contribution in [1.82, 2.24) is 9.78 Å². The number of hydrogen-bond acceptors (Lipinski definition) is 2. The lowest BCUT2D eigenvalue weighted by molar-refractivity contribution is 0.102. The summed E-state index contributed by atoms with van der Waals surface area (Å²) >= 11 is 6.00. The van der Waals surface area contributed by atoms with Crippen LogP contribution < -0.4 is 5.32 Å². The molecular weight excluding hydrogens is 250 g/mol. The number of aryl methyl sites for hydroxylation is 2. The smallest absolute Gasteiger partial charge is 0.258 e. The highest BCUT2D eigenvalue weighted by molar-refractivity contribution is 6.31.